The van der Waals surface area contributed by atoms with Crippen molar-refractivity contribution in [2.24, 2.45) is 5.73 Å². The Morgan fingerprint density at radius 1 is 1.47 bits per heavy atom. The molecule has 6 N–H and O–H groups in total. The van der Waals surface area contributed by atoms with Gasteiger partial charge in [0.25, 0.3) is 5.56 Å². The quantitative estimate of drug-likeness (QED) is 0.273. The molecule has 174 valence electrons. The van der Waals surface area contributed by atoms with Crippen LogP contribution in [0.4, 0.5) is 5.95 Å². The zero-order valence-electron chi connectivity index (χ0n) is 18.1. The van der Waals surface area contributed by atoms with Crippen LogP contribution in [0.25, 0.3) is 10.9 Å². The molecule has 32 heavy (non-hydrogen) atoms. The van der Waals surface area contributed by atoms with E-state index in [4.69, 9.17) is 5.73 Å². The molecule has 2 aromatic rings. The van der Waals surface area contributed by atoms with Gasteiger partial charge in [0.2, 0.25) is 16.0 Å². The third-order valence-electron chi connectivity index (χ3n) is 5.12. The van der Waals surface area contributed by atoms with Gasteiger partial charge in [-0.3, -0.25) is 14.4 Å². The Labute approximate surface area is 194 Å². The molecule has 0 unspecified atom stereocenters. The first kappa shape index (κ1) is 24.4. The lowest BCUT2D eigenvalue weighted by molar-refractivity contribution is -0.413. The minimum absolute atomic E-state index is 0.0171. The summed E-state index contributed by atoms with van der Waals surface area (Å²) >= 11 is 3.37. The zero-order valence-corrected chi connectivity index (χ0v) is 20.5. The van der Waals surface area contributed by atoms with Crippen molar-refractivity contribution in [1.82, 2.24) is 14.3 Å². The number of hydrogen-bond acceptors (Lipinski definition) is 7. The van der Waals surface area contributed by atoms with Gasteiger partial charge in [-0.15, -0.1) is 0 Å². The normalized spacial score (nSPS) is 17.1. The highest BCUT2D eigenvalue weighted by Gasteiger charge is 2.41. The standard InChI is InChI=1S/C20H27BrN6O4S/c1-12(28)9-24-19-25-17-15(18(29)27(19)11-13(8-22)10-23-3)6-14(7-16(17)21)32(30,31)26-20(2)4-5-20/h6-8,10,12,26,28H,4-5,9,11,22H2,1-3H3,(H,24,25)/p+1/b13-8+,23-10?/t12-/m0/s1. The molecule has 1 fully saturated rings. The SMILES string of the molecule is C[NH+]=C/C(=C\N)Cn1c(NC[C@H](C)O)nc2c(Br)cc(S(=O)(=O)NC3(C)CC3)cc2c1=O. The highest BCUT2D eigenvalue weighted by molar-refractivity contribution is 9.10. The Kier molecular flexibility index (Phi) is 7.08. The minimum atomic E-state index is -3.82. The van der Waals surface area contributed by atoms with Crippen LogP contribution in [-0.2, 0) is 16.6 Å². The Morgan fingerprint density at radius 3 is 2.72 bits per heavy atom. The van der Waals surface area contributed by atoms with Crippen LogP contribution in [-0.4, -0.2) is 54.5 Å². The Hall–Kier alpha value is -2.28. The zero-order chi connectivity index (χ0) is 23.7. The second-order valence-electron chi connectivity index (χ2n) is 8.20. The number of nitrogens with zero attached hydrogens (tertiary/aromatic N) is 2. The molecule has 0 aliphatic heterocycles. The van der Waals surface area contributed by atoms with Crippen LogP contribution in [0.5, 0.6) is 0 Å². The van der Waals surface area contributed by atoms with E-state index >= 15 is 0 Å². The molecular formula is C20H28BrN6O4S+. The van der Waals surface area contributed by atoms with Gasteiger partial charge in [0, 0.05) is 22.8 Å². The maximum atomic E-state index is 13.5. The number of fused-ring (bicyclic) bond motifs is 1. The third-order valence-corrected chi connectivity index (χ3v) is 7.34. The lowest BCUT2D eigenvalue weighted by Gasteiger charge is -2.17. The van der Waals surface area contributed by atoms with Gasteiger partial charge in [-0.25, -0.2) is 18.1 Å². The molecule has 12 heteroatoms. The van der Waals surface area contributed by atoms with Crippen molar-refractivity contribution in [2.75, 3.05) is 18.9 Å². The third kappa shape index (κ3) is 5.37. The summed E-state index contributed by atoms with van der Waals surface area (Å²) in [5, 5.41) is 12.8. The number of nitrogens with two attached hydrogens (primary N) is 1. The van der Waals surface area contributed by atoms with E-state index in [9.17, 15) is 18.3 Å². The van der Waals surface area contributed by atoms with Gasteiger partial charge in [-0.1, -0.05) is 0 Å². The Balaban J connectivity index is 2.19. The second-order valence-corrected chi connectivity index (χ2v) is 10.7. The first-order chi connectivity index (χ1) is 15.0. The van der Waals surface area contributed by atoms with Crippen LogP contribution in [0.15, 0.2) is 38.1 Å². The van der Waals surface area contributed by atoms with Crippen LogP contribution in [0.1, 0.15) is 26.7 Å². The number of nitrogens with one attached hydrogen (secondary N) is 3. The van der Waals surface area contributed by atoms with E-state index in [0.29, 0.717) is 15.6 Å². The van der Waals surface area contributed by atoms with E-state index in [1.165, 1.54) is 22.9 Å². The summed E-state index contributed by atoms with van der Waals surface area (Å²) in [6.07, 6.45) is 3.87. The van der Waals surface area contributed by atoms with Crippen molar-refractivity contribution in [3.63, 3.8) is 0 Å². The summed E-state index contributed by atoms with van der Waals surface area (Å²) in [5.41, 5.74) is 5.72. The lowest BCUT2D eigenvalue weighted by atomic mass is 10.2. The maximum absolute atomic E-state index is 13.5. The van der Waals surface area contributed by atoms with Crippen LogP contribution in [0.2, 0.25) is 0 Å². The molecular weight excluding hydrogens is 500 g/mol. The fourth-order valence-electron chi connectivity index (χ4n) is 3.12. The summed E-state index contributed by atoms with van der Waals surface area (Å²) in [7, 11) is -2.11. The van der Waals surface area contributed by atoms with E-state index in [0.717, 1.165) is 12.8 Å². The minimum Gasteiger partial charge on any atom is -0.404 e. The van der Waals surface area contributed by atoms with Gasteiger partial charge in [0.15, 0.2) is 6.21 Å². The molecule has 1 heterocycles. The highest BCUT2D eigenvalue weighted by atomic mass is 79.9. The number of hydrogen-bond donors (Lipinski definition) is 5. The smallest absolute Gasteiger partial charge is 0.263 e. The van der Waals surface area contributed by atoms with E-state index in [1.54, 1.807) is 20.2 Å². The average molecular weight is 528 g/mol. The molecule has 1 atom stereocenters. The molecule has 1 aromatic carbocycles. The number of anilines is 1. The average Bonchev–Trinajstić information content (AvgIpc) is 3.43. The summed E-state index contributed by atoms with van der Waals surface area (Å²) in [5.74, 6) is 0.229. The number of aromatic nitrogens is 2. The van der Waals surface area contributed by atoms with Gasteiger partial charge < -0.3 is 16.2 Å². The van der Waals surface area contributed by atoms with Gasteiger partial charge in [-0.2, -0.15) is 0 Å². The van der Waals surface area contributed by atoms with Gasteiger partial charge in [0.1, 0.15) is 7.05 Å². The molecule has 1 aromatic heterocycles. The van der Waals surface area contributed by atoms with Crippen LogP contribution in [0.3, 0.4) is 0 Å². The van der Waals surface area contributed by atoms with E-state index < -0.39 is 27.2 Å². The predicted octanol–water partition coefficient (Wildman–Crippen LogP) is -0.594. The van der Waals surface area contributed by atoms with Crippen LogP contribution < -0.4 is 26.3 Å². The van der Waals surface area contributed by atoms with Gasteiger partial charge in [-0.05, 0) is 54.8 Å². The maximum Gasteiger partial charge on any atom is 0.263 e. The number of benzene rings is 1. The van der Waals surface area contributed by atoms with Crippen molar-refractivity contribution >= 4 is 49.0 Å². The lowest BCUT2D eigenvalue weighted by Crippen LogP contribution is -2.63. The number of aliphatic hydroxyl groups is 1. The summed E-state index contributed by atoms with van der Waals surface area (Å²) in [4.78, 5) is 20.9. The summed E-state index contributed by atoms with van der Waals surface area (Å²) in [6.45, 7) is 3.71. The molecule has 10 nitrogen and oxygen atoms in total. The predicted molar refractivity (Wildman–Crippen MR) is 127 cm³/mol. The first-order valence-corrected chi connectivity index (χ1v) is 12.4. The van der Waals surface area contributed by atoms with Crippen molar-refractivity contribution in [3.8, 4) is 0 Å². The highest BCUT2D eigenvalue weighted by Crippen LogP contribution is 2.36. The number of rotatable bonds is 9. The molecule has 0 spiro atoms. The molecule has 0 saturated heterocycles. The molecule has 1 aliphatic rings. The fraction of sp³-hybridized carbons (Fsp3) is 0.450. The first-order valence-electron chi connectivity index (χ1n) is 10.1. The number of sulfonamides is 1. The molecule has 1 saturated carbocycles. The van der Waals surface area contributed by atoms with Gasteiger partial charge in [0.05, 0.1) is 34.0 Å². The Bertz CT molecular complexity index is 1250. The number of aliphatic hydroxyl groups excluding tert-OH is 1. The molecule has 3 rings (SSSR count). The van der Waals surface area contributed by atoms with E-state index in [-0.39, 0.29) is 29.3 Å². The van der Waals surface area contributed by atoms with Crippen molar-refractivity contribution in [3.05, 3.63) is 38.7 Å². The van der Waals surface area contributed by atoms with Crippen LogP contribution in [0, 0.1) is 0 Å². The monoisotopic (exact) mass is 527 g/mol. The summed E-state index contributed by atoms with van der Waals surface area (Å²) in [6, 6.07) is 2.78. The van der Waals surface area contributed by atoms with E-state index in [2.05, 4.69) is 35.9 Å². The molecule has 0 bridgehead atoms. The number of halogens is 1. The van der Waals surface area contributed by atoms with Gasteiger partial charge >= 0.3 is 0 Å². The Morgan fingerprint density at radius 2 is 2.16 bits per heavy atom. The van der Waals surface area contributed by atoms with Crippen molar-refractivity contribution in [2.45, 2.75) is 49.8 Å². The van der Waals surface area contributed by atoms with Crippen LogP contribution >= 0.6 is 15.9 Å². The number of allylic oxidation sites excluding steroid dienone is 1. The molecule has 0 amide bonds. The second kappa shape index (κ2) is 9.30. The molecule has 1 aliphatic carbocycles. The fourth-order valence-corrected chi connectivity index (χ4v) is 5.34. The summed E-state index contributed by atoms with van der Waals surface area (Å²) < 4.78 is 30.2. The van der Waals surface area contributed by atoms with Crippen molar-refractivity contribution in [1.29, 1.82) is 0 Å². The molecule has 0 radical (unpaired) electrons. The topological polar surface area (TPSA) is 153 Å². The van der Waals surface area contributed by atoms with Crippen molar-refractivity contribution < 1.29 is 18.5 Å². The largest absolute Gasteiger partial charge is 0.404 e. The van der Waals surface area contributed by atoms with E-state index in [1.807, 2.05) is 6.92 Å².